The van der Waals surface area contributed by atoms with Gasteiger partial charge in [-0.15, -0.1) is 0 Å². The molecule has 2 aromatic rings. The van der Waals surface area contributed by atoms with Crippen LogP contribution in [0, 0.1) is 0 Å². The zero-order valence-corrected chi connectivity index (χ0v) is 11.1. The number of carbonyl (C=O) groups is 1. The van der Waals surface area contributed by atoms with Gasteiger partial charge in [0, 0.05) is 36.3 Å². The van der Waals surface area contributed by atoms with E-state index in [0.29, 0.717) is 5.02 Å². The molecule has 0 spiro atoms. The number of amides is 1. The second kappa shape index (κ2) is 5.00. The smallest absolute Gasteiger partial charge is 0.241 e. The summed E-state index contributed by atoms with van der Waals surface area (Å²) < 4.78 is 1.81. The van der Waals surface area contributed by atoms with E-state index in [1.165, 1.54) is 4.90 Å². The molecule has 0 aliphatic carbocycles. The molecule has 1 aromatic heterocycles. The van der Waals surface area contributed by atoms with E-state index in [1.807, 2.05) is 10.6 Å². The lowest BCUT2D eigenvalue weighted by Crippen LogP contribution is -2.25. The monoisotopic (exact) mass is 266 g/mol. The predicted molar refractivity (Wildman–Crippen MR) is 71.6 cm³/mol. The Morgan fingerprint density at radius 1 is 1.44 bits per heavy atom. The minimum Gasteiger partial charge on any atom is -0.392 e. The van der Waals surface area contributed by atoms with Gasteiger partial charge in [0.05, 0.1) is 12.1 Å². The first kappa shape index (κ1) is 12.9. The summed E-state index contributed by atoms with van der Waals surface area (Å²) in [6.07, 6.45) is 1.79. The largest absolute Gasteiger partial charge is 0.392 e. The van der Waals surface area contributed by atoms with Gasteiger partial charge in [-0.05, 0) is 12.1 Å². The Hall–Kier alpha value is -1.52. The number of fused-ring (bicyclic) bond motifs is 1. The molecule has 1 heterocycles. The van der Waals surface area contributed by atoms with Crippen LogP contribution in [0.3, 0.4) is 0 Å². The summed E-state index contributed by atoms with van der Waals surface area (Å²) in [5.74, 6) is -0.00337. The molecule has 0 radical (unpaired) electrons. The molecule has 0 bridgehead atoms. The van der Waals surface area contributed by atoms with E-state index < -0.39 is 0 Å². The lowest BCUT2D eigenvalue weighted by Gasteiger charge is -2.11. The molecular formula is C13H15ClN2O2. The number of aromatic nitrogens is 1. The summed E-state index contributed by atoms with van der Waals surface area (Å²) in [5.41, 5.74) is 1.66. The number of hydrogen-bond donors (Lipinski definition) is 1. The summed E-state index contributed by atoms with van der Waals surface area (Å²) >= 11 is 5.97. The summed E-state index contributed by atoms with van der Waals surface area (Å²) in [6, 6.07) is 5.44. The average Bonchev–Trinajstić information content (AvgIpc) is 2.66. The van der Waals surface area contributed by atoms with E-state index in [9.17, 15) is 9.90 Å². The molecule has 0 saturated heterocycles. The van der Waals surface area contributed by atoms with E-state index in [-0.39, 0.29) is 19.1 Å². The van der Waals surface area contributed by atoms with Crippen LogP contribution < -0.4 is 0 Å². The number of carbonyl (C=O) groups excluding carboxylic acids is 1. The van der Waals surface area contributed by atoms with Crippen LogP contribution >= 0.6 is 11.6 Å². The summed E-state index contributed by atoms with van der Waals surface area (Å²) in [5, 5.41) is 10.9. The fraction of sp³-hybridized carbons (Fsp3) is 0.308. The molecule has 5 heteroatoms. The molecule has 1 amide bonds. The van der Waals surface area contributed by atoms with E-state index in [4.69, 9.17) is 11.6 Å². The first-order valence-electron chi connectivity index (χ1n) is 5.61. The minimum absolute atomic E-state index is 0.00337. The van der Waals surface area contributed by atoms with Crippen molar-refractivity contribution in [1.29, 1.82) is 0 Å². The summed E-state index contributed by atoms with van der Waals surface area (Å²) in [4.78, 5) is 13.3. The Morgan fingerprint density at radius 2 is 2.17 bits per heavy atom. The third-order valence-corrected chi connectivity index (χ3v) is 3.14. The minimum atomic E-state index is -0.0543. The number of halogens is 1. The standard InChI is InChI=1S/C13H15ClN2O2/c1-15(2)13(18)7-16-6-9(8-17)11-4-3-10(14)5-12(11)16/h3-6,17H,7-8H2,1-2H3. The highest BCUT2D eigenvalue weighted by Crippen LogP contribution is 2.25. The first-order chi connectivity index (χ1) is 8.52. The molecule has 96 valence electrons. The van der Waals surface area contributed by atoms with Crippen LogP contribution in [0.5, 0.6) is 0 Å². The topological polar surface area (TPSA) is 45.5 Å². The molecule has 0 fully saturated rings. The fourth-order valence-corrected chi connectivity index (χ4v) is 2.05. The number of likely N-dealkylation sites (N-methyl/N-ethyl adjacent to an activating group) is 1. The van der Waals surface area contributed by atoms with Crippen molar-refractivity contribution in [2.75, 3.05) is 14.1 Å². The van der Waals surface area contributed by atoms with Gasteiger partial charge < -0.3 is 14.6 Å². The zero-order chi connectivity index (χ0) is 13.3. The van der Waals surface area contributed by atoms with Gasteiger partial charge in [-0.2, -0.15) is 0 Å². The third kappa shape index (κ3) is 2.35. The van der Waals surface area contributed by atoms with Gasteiger partial charge in [0.25, 0.3) is 0 Å². The molecule has 0 aliphatic heterocycles. The zero-order valence-electron chi connectivity index (χ0n) is 10.4. The van der Waals surface area contributed by atoms with Gasteiger partial charge in [0.15, 0.2) is 0 Å². The molecule has 0 atom stereocenters. The van der Waals surface area contributed by atoms with Gasteiger partial charge >= 0.3 is 0 Å². The molecule has 2 rings (SSSR count). The number of rotatable bonds is 3. The molecule has 4 nitrogen and oxygen atoms in total. The van der Waals surface area contributed by atoms with Crippen molar-refractivity contribution in [3.05, 3.63) is 35.0 Å². The molecule has 1 aromatic carbocycles. The van der Waals surface area contributed by atoms with Crippen molar-refractivity contribution in [1.82, 2.24) is 9.47 Å². The van der Waals surface area contributed by atoms with E-state index in [0.717, 1.165) is 16.5 Å². The Bertz CT molecular complexity index is 590. The van der Waals surface area contributed by atoms with E-state index in [2.05, 4.69) is 0 Å². The second-order valence-electron chi connectivity index (χ2n) is 4.39. The number of benzene rings is 1. The predicted octanol–water partition coefficient (Wildman–Crippen LogP) is 1.88. The normalized spacial score (nSPS) is 10.9. The number of hydrogen-bond acceptors (Lipinski definition) is 2. The van der Waals surface area contributed by atoms with Crippen LogP contribution in [0.15, 0.2) is 24.4 Å². The number of aliphatic hydroxyl groups is 1. The van der Waals surface area contributed by atoms with Crippen molar-refractivity contribution in [2.24, 2.45) is 0 Å². The maximum atomic E-state index is 11.7. The number of aliphatic hydroxyl groups excluding tert-OH is 1. The van der Waals surface area contributed by atoms with Gasteiger partial charge in [-0.1, -0.05) is 17.7 Å². The van der Waals surface area contributed by atoms with Crippen LogP contribution in [0.25, 0.3) is 10.9 Å². The molecule has 0 aliphatic rings. The van der Waals surface area contributed by atoms with Gasteiger partial charge in [0.1, 0.15) is 6.54 Å². The Kier molecular flexibility index (Phi) is 3.59. The highest BCUT2D eigenvalue weighted by atomic mass is 35.5. The molecule has 0 saturated carbocycles. The van der Waals surface area contributed by atoms with E-state index >= 15 is 0 Å². The average molecular weight is 267 g/mol. The Morgan fingerprint density at radius 3 is 2.78 bits per heavy atom. The maximum absolute atomic E-state index is 11.7. The SMILES string of the molecule is CN(C)C(=O)Cn1cc(CO)c2ccc(Cl)cc21. The Balaban J connectivity index is 2.50. The molecule has 0 unspecified atom stereocenters. The fourth-order valence-electron chi connectivity index (χ4n) is 1.89. The molecule has 18 heavy (non-hydrogen) atoms. The first-order valence-corrected chi connectivity index (χ1v) is 5.99. The van der Waals surface area contributed by atoms with Crippen molar-refractivity contribution in [2.45, 2.75) is 13.2 Å². The van der Waals surface area contributed by atoms with Crippen molar-refractivity contribution in [3.63, 3.8) is 0 Å². The lowest BCUT2D eigenvalue weighted by atomic mass is 10.2. The summed E-state index contributed by atoms with van der Waals surface area (Å²) in [6.45, 7) is 0.186. The van der Waals surface area contributed by atoms with Crippen LogP contribution in [-0.2, 0) is 17.9 Å². The van der Waals surface area contributed by atoms with Gasteiger partial charge in [0.2, 0.25) is 5.91 Å². The van der Waals surface area contributed by atoms with Crippen molar-refractivity contribution >= 4 is 28.4 Å². The Labute approximate surface area is 110 Å². The van der Waals surface area contributed by atoms with E-state index in [1.54, 1.807) is 32.4 Å². The molecular weight excluding hydrogens is 252 g/mol. The highest BCUT2D eigenvalue weighted by Gasteiger charge is 2.12. The van der Waals surface area contributed by atoms with Crippen LogP contribution in [-0.4, -0.2) is 34.6 Å². The quantitative estimate of drug-likeness (QED) is 0.922. The lowest BCUT2D eigenvalue weighted by molar-refractivity contribution is -0.129. The van der Waals surface area contributed by atoms with Crippen molar-refractivity contribution in [3.8, 4) is 0 Å². The van der Waals surface area contributed by atoms with Gasteiger partial charge in [-0.25, -0.2) is 0 Å². The maximum Gasteiger partial charge on any atom is 0.241 e. The third-order valence-electron chi connectivity index (χ3n) is 2.90. The van der Waals surface area contributed by atoms with Crippen molar-refractivity contribution < 1.29 is 9.90 Å². The summed E-state index contributed by atoms with van der Waals surface area (Å²) in [7, 11) is 3.43. The second-order valence-corrected chi connectivity index (χ2v) is 4.83. The van der Waals surface area contributed by atoms with Crippen LogP contribution in [0.4, 0.5) is 0 Å². The van der Waals surface area contributed by atoms with Gasteiger partial charge in [-0.3, -0.25) is 4.79 Å². The molecule has 1 N–H and O–H groups in total. The highest BCUT2D eigenvalue weighted by molar-refractivity contribution is 6.31. The van der Waals surface area contributed by atoms with Crippen LogP contribution in [0.2, 0.25) is 5.02 Å². The number of nitrogens with zero attached hydrogens (tertiary/aromatic N) is 2. The van der Waals surface area contributed by atoms with Crippen LogP contribution in [0.1, 0.15) is 5.56 Å².